The monoisotopic (exact) mass is 348 g/mol. The molecule has 0 aliphatic carbocycles. The molecule has 0 saturated carbocycles. The van der Waals surface area contributed by atoms with Crippen LogP contribution in [0.4, 0.5) is 0 Å². The second kappa shape index (κ2) is 8.57. The van der Waals surface area contributed by atoms with Crippen molar-refractivity contribution in [2.75, 3.05) is 20.2 Å². The lowest BCUT2D eigenvalue weighted by Crippen LogP contribution is -2.42. The number of halogens is 2. The van der Waals surface area contributed by atoms with Gasteiger partial charge in [0.05, 0.1) is 23.1 Å². The first-order valence-corrected chi connectivity index (χ1v) is 6.86. The lowest BCUT2D eigenvalue weighted by atomic mass is 10.2. The molecule has 0 aliphatic rings. The van der Waals surface area contributed by atoms with Crippen molar-refractivity contribution in [2.24, 2.45) is 0 Å². The summed E-state index contributed by atoms with van der Waals surface area (Å²) in [5, 5.41) is 14.0. The lowest BCUT2D eigenvalue weighted by molar-refractivity contribution is -0.148. The summed E-state index contributed by atoms with van der Waals surface area (Å²) >= 11 is 11.5. The third-order valence-electron chi connectivity index (χ3n) is 2.64. The standard InChI is InChI=1S/C13H14Cl2N2O5/c1-22-10(13(20)21)5-16-11(18)6-17-12(19)7-2-3-8(14)9(15)4-7/h2-4,10H,5-6H2,1H3,(H,16,18)(H,17,19)(H,20,21). The summed E-state index contributed by atoms with van der Waals surface area (Å²) in [5.41, 5.74) is 0.252. The summed E-state index contributed by atoms with van der Waals surface area (Å²) in [6.45, 7) is -0.511. The van der Waals surface area contributed by atoms with Crippen molar-refractivity contribution in [1.82, 2.24) is 10.6 Å². The highest BCUT2D eigenvalue weighted by Gasteiger charge is 2.17. The number of benzene rings is 1. The largest absolute Gasteiger partial charge is 0.479 e. The van der Waals surface area contributed by atoms with Crippen molar-refractivity contribution < 1.29 is 24.2 Å². The molecule has 1 aromatic carbocycles. The molecule has 9 heteroatoms. The van der Waals surface area contributed by atoms with Crippen molar-refractivity contribution >= 4 is 41.0 Å². The fourth-order valence-corrected chi connectivity index (χ4v) is 1.74. The highest BCUT2D eigenvalue weighted by atomic mass is 35.5. The lowest BCUT2D eigenvalue weighted by Gasteiger charge is -2.12. The Balaban J connectivity index is 2.45. The summed E-state index contributed by atoms with van der Waals surface area (Å²) < 4.78 is 4.65. The average molecular weight is 349 g/mol. The molecular weight excluding hydrogens is 335 g/mol. The molecule has 120 valence electrons. The number of ether oxygens (including phenoxy) is 1. The quantitative estimate of drug-likeness (QED) is 0.680. The third-order valence-corrected chi connectivity index (χ3v) is 3.37. The van der Waals surface area contributed by atoms with Gasteiger partial charge in [0.1, 0.15) is 0 Å². The van der Waals surface area contributed by atoms with E-state index in [4.69, 9.17) is 28.3 Å². The molecule has 0 aromatic heterocycles. The molecular formula is C13H14Cl2N2O5. The van der Waals surface area contributed by atoms with Crippen molar-refractivity contribution in [2.45, 2.75) is 6.10 Å². The van der Waals surface area contributed by atoms with E-state index in [1.807, 2.05) is 0 Å². The second-order valence-electron chi connectivity index (χ2n) is 4.18. The van der Waals surface area contributed by atoms with Gasteiger partial charge in [-0.1, -0.05) is 23.2 Å². The van der Waals surface area contributed by atoms with Gasteiger partial charge in [-0.05, 0) is 18.2 Å². The van der Waals surface area contributed by atoms with Crippen molar-refractivity contribution in [3.05, 3.63) is 33.8 Å². The predicted octanol–water partition coefficient (Wildman–Crippen LogP) is 0.939. The van der Waals surface area contributed by atoms with E-state index in [-0.39, 0.29) is 23.7 Å². The number of methoxy groups -OCH3 is 1. The van der Waals surface area contributed by atoms with Crippen LogP contribution in [-0.2, 0) is 14.3 Å². The number of rotatable bonds is 7. The Bertz CT molecular complexity index is 580. The summed E-state index contributed by atoms with van der Waals surface area (Å²) in [6.07, 6.45) is -1.14. The van der Waals surface area contributed by atoms with Crippen LogP contribution in [0.2, 0.25) is 10.0 Å². The molecule has 7 nitrogen and oxygen atoms in total. The first-order chi connectivity index (χ1) is 10.3. The molecule has 3 N–H and O–H groups in total. The molecule has 0 spiro atoms. The van der Waals surface area contributed by atoms with Gasteiger partial charge in [0.25, 0.3) is 5.91 Å². The predicted molar refractivity (Wildman–Crippen MR) is 80.2 cm³/mol. The van der Waals surface area contributed by atoms with Crippen molar-refractivity contribution in [3.8, 4) is 0 Å². The zero-order valence-corrected chi connectivity index (χ0v) is 13.1. The van der Waals surface area contributed by atoms with Gasteiger partial charge in [0.2, 0.25) is 5.91 Å². The van der Waals surface area contributed by atoms with Gasteiger partial charge in [-0.15, -0.1) is 0 Å². The summed E-state index contributed by atoms with van der Waals surface area (Å²) in [5.74, 6) is -2.24. The second-order valence-corrected chi connectivity index (χ2v) is 4.99. The van der Waals surface area contributed by atoms with Crippen LogP contribution in [0.1, 0.15) is 10.4 Å². The number of amides is 2. The number of hydrogen-bond acceptors (Lipinski definition) is 4. The summed E-state index contributed by atoms with van der Waals surface area (Å²) in [6, 6.07) is 4.31. The average Bonchev–Trinajstić information content (AvgIpc) is 2.47. The number of carbonyl (C=O) groups is 3. The van der Waals surface area contributed by atoms with Crippen LogP contribution in [0.5, 0.6) is 0 Å². The minimum atomic E-state index is -1.19. The van der Waals surface area contributed by atoms with E-state index in [0.717, 1.165) is 0 Å². The molecule has 0 fully saturated rings. The number of aliphatic carboxylic acids is 1. The highest BCUT2D eigenvalue weighted by molar-refractivity contribution is 6.42. The van der Waals surface area contributed by atoms with E-state index < -0.39 is 23.9 Å². The Morgan fingerprint density at radius 2 is 1.91 bits per heavy atom. The smallest absolute Gasteiger partial charge is 0.334 e. The molecule has 0 heterocycles. The topological polar surface area (TPSA) is 105 Å². The zero-order chi connectivity index (χ0) is 16.7. The van der Waals surface area contributed by atoms with Gasteiger partial charge in [-0.3, -0.25) is 9.59 Å². The maximum absolute atomic E-state index is 11.8. The zero-order valence-electron chi connectivity index (χ0n) is 11.6. The Hall–Kier alpha value is -1.83. The Kier molecular flexibility index (Phi) is 7.10. The van der Waals surface area contributed by atoms with Crippen LogP contribution in [-0.4, -0.2) is 49.2 Å². The maximum Gasteiger partial charge on any atom is 0.334 e. The highest BCUT2D eigenvalue weighted by Crippen LogP contribution is 2.22. The Labute approximate surface area is 136 Å². The molecule has 0 bridgehead atoms. The number of carboxylic acid groups (broad SMARTS) is 1. The van der Waals surface area contributed by atoms with Gasteiger partial charge < -0.3 is 20.5 Å². The fraction of sp³-hybridized carbons (Fsp3) is 0.308. The number of hydrogen-bond donors (Lipinski definition) is 3. The van der Waals surface area contributed by atoms with Gasteiger partial charge in [0, 0.05) is 12.7 Å². The minimum Gasteiger partial charge on any atom is -0.479 e. The molecule has 2 amide bonds. The minimum absolute atomic E-state index is 0.201. The van der Waals surface area contributed by atoms with Crippen LogP contribution in [0.15, 0.2) is 18.2 Å². The van der Waals surface area contributed by atoms with E-state index in [1.165, 1.54) is 25.3 Å². The molecule has 22 heavy (non-hydrogen) atoms. The van der Waals surface area contributed by atoms with Crippen LogP contribution < -0.4 is 10.6 Å². The van der Waals surface area contributed by atoms with E-state index in [0.29, 0.717) is 5.02 Å². The van der Waals surface area contributed by atoms with Crippen LogP contribution in [0, 0.1) is 0 Å². The molecule has 1 atom stereocenters. The maximum atomic E-state index is 11.8. The van der Waals surface area contributed by atoms with Crippen LogP contribution in [0.25, 0.3) is 0 Å². The van der Waals surface area contributed by atoms with Gasteiger partial charge in [0.15, 0.2) is 6.10 Å². The first-order valence-electron chi connectivity index (χ1n) is 6.10. The van der Waals surface area contributed by atoms with Crippen LogP contribution >= 0.6 is 23.2 Å². The van der Waals surface area contributed by atoms with E-state index in [9.17, 15) is 14.4 Å². The summed E-state index contributed by atoms with van der Waals surface area (Å²) in [7, 11) is 1.22. The Morgan fingerprint density at radius 1 is 1.23 bits per heavy atom. The van der Waals surface area contributed by atoms with Crippen molar-refractivity contribution in [1.29, 1.82) is 0 Å². The molecule has 1 aromatic rings. The van der Waals surface area contributed by atoms with Gasteiger partial charge >= 0.3 is 5.97 Å². The fourth-order valence-electron chi connectivity index (χ4n) is 1.44. The third kappa shape index (κ3) is 5.51. The Morgan fingerprint density at radius 3 is 2.45 bits per heavy atom. The SMILES string of the molecule is COC(CNC(=O)CNC(=O)c1ccc(Cl)c(Cl)c1)C(=O)O. The first kappa shape index (κ1) is 18.2. The molecule has 0 radical (unpaired) electrons. The van der Waals surface area contributed by atoms with Crippen LogP contribution in [0.3, 0.4) is 0 Å². The molecule has 1 unspecified atom stereocenters. The molecule has 0 aliphatic heterocycles. The number of carboxylic acids is 1. The van der Waals surface area contributed by atoms with Crippen molar-refractivity contribution in [3.63, 3.8) is 0 Å². The van der Waals surface area contributed by atoms with Gasteiger partial charge in [-0.25, -0.2) is 4.79 Å². The number of carbonyl (C=O) groups excluding carboxylic acids is 2. The number of nitrogens with one attached hydrogen (secondary N) is 2. The van der Waals surface area contributed by atoms with E-state index in [1.54, 1.807) is 0 Å². The van der Waals surface area contributed by atoms with E-state index >= 15 is 0 Å². The summed E-state index contributed by atoms with van der Waals surface area (Å²) in [4.78, 5) is 34.0. The van der Waals surface area contributed by atoms with E-state index in [2.05, 4.69) is 15.4 Å². The van der Waals surface area contributed by atoms with Gasteiger partial charge in [-0.2, -0.15) is 0 Å². The molecule has 1 rings (SSSR count). The normalized spacial score (nSPS) is 11.6. The molecule has 0 saturated heterocycles.